The number of carbonyl (C=O) groups is 1. The quantitative estimate of drug-likeness (QED) is 0.731. The van der Waals surface area contributed by atoms with E-state index in [-0.39, 0.29) is 12.5 Å². The summed E-state index contributed by atoms with van der Waals surface area (Å²) in [6, 6.07) is 15.0. The van der Waals surface area contributed by atoms with E-state index in [1.165, 1.54) is 0 Å². The largest absolute Gasteiger partial charge is 0.367 e. The molecule has 0 fully saturated rings. The minimum atomic E-state index is -0.0699. The third-order valence-corrected chi connectivity index (χ3v) is 4.23. The van der Waals surface area contributed by atoms with Crippen molar-refractivity contribution in [3.8, 4) is 0 Å². The topological polar surface area (TPSA) is 29.5 Å². The fraction of sp³-hybridized carbons (Fsp3) is 0.278. The molecule has 2 aromatic carbocycles. The van der Waals surface area contributed by atoms with Crippen LogP contribution in [0.15, 0.2) is 48.5 Å². The number of carbonyl (C=O) groups excluding carboxylic acids is 1. The van der Waals surface area contributed by atoms with Crippen LogP contribution in [0.4, 0.5) is 0 Å². The van der Waals surface area contributed by atoms with E-state index in [1.807, 2.05) is 49.4 Å². The number of rotatable bonds is 7. The Kier molecular flexibility index (Phi) is 6.90. The van der Waals surface area contributed by atoms with Crippen molar-refractivity contribution in [3.05, 3.63) is 69.7 Å². The molecule has 0 aromatic heterocycles. The van der Waals surface area contributed by atoms with E-state index in [0.717, 1.165) is 11.1 Å². The van der Waals surface area contributed by atoms with Crippen LogP contribution in [0.2, 0.25) is 10.0 Å². The summed E-state index contributed by atoms with van der Waals surface area (Å²) in [5, 5.41) is 1.30. The molecule has 2 rings (SSSR count). The van der Waals surface area contributed by atoms with Crippen molar-refractivity contribution in [1.29, 1.82) is 0 Å². The van der Waals surface area contributed by atoms with Crippen LogP contribution in [0.1, 0.15) is 18.1 Å². The van der Waals surface area contributed by atoms with E-state index in [2.05, 4.69) is 0 Å². The molecule has 0 unspecified atom stereocenters. The molecule has 0 saturated carbocycles. The van der Waals surface area contributed by atoms with Gasteiger partial charge < -0.3 is 9.64 Å². The van der Waals surface area contributed by atoms with Gasteiger partial charge in [0.2, 0.25) is 5.91 Å². The van der Waals surface area contributed by atoms with Crippen molar-refractivity contribution < 1.29 is 9.53 Å². The molecular weight excluding hydrogens is 333 g/mol. The minimum Gasteiger partial charge on any atom is -0.367 e. The summed E-state index contributed by atoms with van der Waals surface area (Å²) in [6.45, 7) is 3.34. The van der Waals surface area contributed by atoms with Crippen LogP contribution in [0, 0.1) is 0 Å². The molecule has 122 valence electrons. The molecule has 0 aliphatic heterocycles. The lowest BCUT2D eigenvalue weighted by Crippen LogP contribution is -2.33. The van der Waals surface area contributed by atoms with Crippen molar-refractivity contribution in [2.45, 2.75) is 20.1 Å². The first-order valence-corrected chi connectivity index (χ1v) is 8.19. The number of halogens is 2. The van der Waals surface area contributed by atoms with Gasteiger partial charge in [-0.25, -0.2) is 0 Å². The molecule has 0 aliphatic rings. The Balaban J connectivity index is 1.88. The first-order valence-electron chi connectivity index (χ1n) is 7.44. The molecule has 0 saturated heterocycles. The third-order valence-electron chi connectivity index (χ3n) is 3.49. The Hall–Kier alpha value is -1.55. The molecule has 0 N–H and O–H groups in total. The van der Waals surface area contributed by atoms with E-state index in [1.54, 1.807) is 11.0 Å². The number of nitrogens with zero attached hydrogens (tertiary/aromatic N) is 1. The first kappa shape index (κ1) is 17.8. The minimum absolute atomic E-state index is 0.0174. The number of ether oxygens (including phenoxy) is 1. The van der Waals surface area contributed by atoms with Gasteiger partial charge in [0.15, 0.2) is 0 Å². The summed E-state index contributed by atoms with van der Waals surface area (Å²) in [5.41, 5.74) is 1.80. The first-order chi connectivity index (χ1) is 11.1. The molecular formula is C18H19Cl2NO2. The van der Waals surface area contributed by atoms with Crippen LogP contribution in [0.25, 0.3) is 0 Å². The predicted octanol–water partition coefficient (Wildman–Crippen LogP) is 4.56. The van der Waals surface area contributed by atoms with Gasteiger partial charge in [-0.05, 0) is 30.2 Å². The number of amides is 1. The normalized spacial score (nSPS) is 10.6. The molecule has 0 radical (unpaired) electrons. The SMILES string of the molecule is CCN(Cc1ccccc1Cl)C(=O)COCc1ccccc1Cl. The maximum atomic E-state index is 12.3. The summed E-state index contributed by atoms with van der Waals surface area (Å²) in [7, 11) is 0. The van der Waals surface area contributed by atoms with Crippen molar-refractivity contribution in [2.75, 3.05) is 13.2 Å². The Bertz CT molecular complexity index is 661. The van der Waals surface area contributed by atoms with E-state index in [0.29, 0.717) is 29.7 Å². The van der Waals surface area contributed by atoms with Gasteiger partial charge >= 0.3 is 0 Å². The van der Waals surface area contributed by atoms with Gasteiger partial charge in [0.25, 0.3) is 0 Å². The molecule has 0 heterocycles. The monoisotopic (exact) mass is 351 g/mol. The zero-order valence-electron chi connectivity index (χ0n) is 13.0. The van der Waals surface area contributed by atoms with Crippen molar-refractivity contribution in [1.82, 2.24) is 4.90 Å². The van der Waals surface area contributed by atoms with Crippen LogP contribution in [-0.2, 0) is 22.7 Å². The fourth-order valence-electron chi connectivity index (χ4n) is 2.16. The lowest BCUT2D eigenvalue weighted by Gasteiger charge is -2.21. The van der Waals surface area contributed by atoms with E-state index in [9.17, 15) is 4.79 Å². The van der Waals surface area contributed by atoms with Gasteiger partial charge in [0.05, 0.1) is 6.61 Å². The maximum Gasteiger partial charge on any atom is 0.248 e. The Morgan fingerprint density at radius 1 is 1.00 bits per heavy atom. The molecule has 0 spiro atoms. The standard InChI is InChI=1S/C18H19Cl2NO2/c1-2-21(11-14-7-3-5-9-16(14)19)18(22)13-23-12-15-8-4-6-10-17(15)20/h3-10H,2,11-13H2,1H3. The third kappa shape index (κ3) is 5.24. The van der Waals surface area contributed by atoms with E-state index >= 15 is 0 Å². The van der Waals surface area contributed by atoms with Crippen molar-refractivity contribution in [3.63, 3.8) is 0 Å². The zero-order valence-corrected chi connectivity index (χ0v) is 14.5. The summed E-state index contributed by atoms with van der Waals surface area (Å²) >= 11 is 12.2. The number of benzene rings is 2. The second-order valence-electron chi connectivity index (χ2n) is 5.08. The van der Waals surface area contributed by atoms with Crippen LogP contribution < -0.4 is 0 Å². The number of likely N-dealkylation sites (N-methyl/N-ethyl adjacent to an activating group) is 1. The molecule has 0 aliphatic carbocycles. The Labute approximate surface area is 146 Å². The highest BCUT2D eigenvalue weighted by molar-refractivity contribution is 6.31. The molecule has 0 atom stereocenters. The molecule has 5 heteroatoms. The number of hydrogen-bond donors (Lipinski definition) is 0. The molecule has 1 amide bonds. The second kappa shape index (κ2) is 8.92. The summed E-state index contributed by atoms with van der Waals surface area (Å²) in [5.74, 6) is -0.0699. The average Bonchev–Trinajstić information content (AvgIpc) is 2.55. The van der Waals surface area contributed by atoms with Gasteiger partial charge in [0.1, 0.15) is 6.61 Å². The molecule has 3 nitrogen and oxygen atoms in total. The smallest absolute Gasteiger partial charge is 0.248 e. The Morgan fingerprint density at radius 2 is 1.57 bits per heavy atom. The van der Waals surface area contributed by atoms with Gasteiger partial charge in [-0.15, -0.1) is 0 Å². The zero-order chi connectivity index (χ0) is 16.7. The van der Waals surface area contributed by atoms with E-state index < -0.39 is 0 Å². The molecule has 0 bridgehead atoms. The van der Waals surface area contributed by atoms with Crippen molar-refractivity contribution in [2.24, 2.45) is 0 Å². The van der Waals surface area contributed by atoms with Crippen LogP contribution in [-0.4, -0.2) is 24.0 Å². The van der Waals surface area contributed by atoms with Crippen LogP contribution in [0.5, 0.6) is 0 Å². The van der Waals surface area contributed by atoms with Gasteiger partial charge in [0, 0.05) is 23.1 Å². The van der Waals surface area contributed by atoms with Crippen molar-refractivity contribution >= 4 is 29.1 Å². The molecule has 2 aromatic rings. The van der Waals surface area contributed by atoms with Crippen LogP contribution >= 0.6 is 23.2 Å². The lowest BCUT2D eigenvalue weighted by atomic mass is 10.2. The van der Waals surface area contributed by atoms with E-state index in [4.69, 9.17) is 27.9 Å². The summed E-state index contributed by atoms with van der Waals surface area (Å²) < 4.78 is 5.50. The predicted molar refractivity (Wildman–Crippen MR) is 93.7 cm³/mol. The summed E-state index contributed by atoms with van der Waals surface area (Å²) in [4.78, 5) is 14.0. The highest BCUT2D eigenvalue weighted by Crippen LogP contribution is 2.18. The highest BCUT2D eigenvalue weighted by atomic mass is 35.5. The maximum absolute atomic E-state index is 12.3. The van der Waals surface area contributed by atoms with Gasteiger partial charge in [-0.3, -0.25) is 4.79 Å². The van der Waals surface area contributed by atoms with Crippen LogP contribution in [0.3, 0.4) is 0 Å². The van der Waals surface area contributed by atoms with Gasteiger partial charge in [-0.2, -0.15) is 0 Å². The lowest BCUT2D eigenvalue weighted by molar-refractivity contribution is -0.137. The Morgan fingerprint density at radius 3 is 2.13 bits per heavy atom. The fourth-order valence-corrected chi connectivity index (χ4v) is 2.55. The summed E-state index contributed by atoms with van der Waals surface area (Å²) in [6.07, 6.45) is 0. The van der Waals surface area contributed by atoms with Gasteiger partial charge in [-0.1, -0.05) is 59.6 Å². The second-order valence-corrected chi connectivity index (χ2v) is 5.90. The average molecular weight is 352 g/mol. The molecule has 23 heavy (non-hydrogen) atoms. The highest BCUT2D eigenvalue weighted by Gasteiger charge is 2.14. The number of hydrogen-bond acceptors (Lipinski definition) is 2.